The molecular weight excluding hydrogens is 212 g/mol. The summed E-state index contributed by atoms with van der Waals surface area (Å²) in [6, 6.07) is 3.56. The number of rotatable bonds is 4. The smallest absolute Gasteiger partial charge is 0.0672 e. The predicted octanol–water partition coefficient (Wildman–Crippen LogP) is 2.31. The molecule has 0 aromatic rings. The fraction of sp³-hybridized carbons (Fsp3) is 0.929. The Bertz CT molecular complexity index is 270. The van der Waals surface area contributed by atoms with Gasteiger partial charge in [0.25, 0.3) is 0 Å². The van der Waals surface area contributed by atoms with Crippen LogP contribution in [0.15, 0.2) is 0 Å². The quantitative estimate of drug-likeness (QED) is 0.762. The average Bonchev–Trinajstić information content (AvgIpc) is 2.50. The Morgan fingerprint density at radius 2 is 1.82 bits per heavy atom. The number of hydrogen-bond donors (Lipinski definition) is 1. The largest absolute Gasteiger partial charge is 0.395 e. The number of hydrogen-bond acceptors (Lipinski definition) is 3. The maximum atomic E-state index is 9.34. The Balaban J connectivity index is 2.05. The summed E-state index contributed by atoms with van der Waals surface area (Å²) < 4.78 is 0. The Hall–Kier alpha value is -0.590. The number of nitrogens with zero attached hydrogens (tertiary/aromatic N) is 2. The zero-order valence-corrected chi connectivity index (χ0v) is 10.6. The van der Waals surface area contributed by atoms with Gasteiger partial charge in [-0.2, -0.15) is 5.26 Å². The van der Waals surface area contributed by atoms with Gasteiger partial charge >= 0.3 is 0 Å². The highest BCUT2D eigenvalue weighted by molar-refractivity contribution is 4.97. The van der Waals surface area contributed by atoms with Crippen molar-refractivity contribution in [3.63, 3.8) is 0 Å². The van der Waals surface area contributed by atoms with Crippen LogP contribution in [0.5, 0.6) is 0 Å². The van der Waals surface area contributed by atoms with Gasteiger partial charge in [-0.15, -0.1) is 0 Å². The van der Waals surface area contributed by atoms with E-state index >= 15 is 0 Å². The minimum atomic E-state index is 0.185. The molecule has 3 nitrogen and oxygen atoms in total. The molecule has 2 fully saturated rings. The molecule has 2 rings (SSSR count). The number of aliphatic hydroxyl groups is 1. The molecule has 0 spiro atoms. The molecule has 0 aliphatic heterocycles. The second-order valence-electron chi connectivity index (χ2n) is 5.49. The third kappa shape index (κ3) is 3.00. The lowest BCUT2D eigenvalue weighted by atomic mass is 9.86. The van der Waals surface area contributed by atoms with Crippen LogP contribution in [0, 0.1) is 17.2 Å². The van der Waals surface area contributed by atoms with Gasteiger partial charge in [0.05, 0.1) is 18.6 Å². The second kappa shape index (κ2) is 6.37. The molecule has 17 heavy (non-hydrogen) atoms. The van der Waals surface area contributed by atoms with Crippen LogP contribution in [-0.4, -0.2) is 35.2 Å². The van der Waals surface area contributed by atoms with Crippen molar-refractivity contribution in [2.24, 2.45) is 5.92 Å². The molecule has 0 heterocycles. The first-order valence-electron chi connectivity index (χ1n) is 7.13. The van der Waals surface area contributed by atoms with E-state index in [1.807, 2.05) is 0 Å². The van der Waals surface area contributed by atoms with Gasteiger partial charge in [-0.05, 0) is 25.7 Å². The lowest BCUT2D eigenvalue weighted by Crippen LogP contribution is -2.50. The molecule has 2 aliphatic rings. The van der Waals surface area contributed by atoms with Crippen molar-refractivity contribution in [1.29, 1.82) is 5.26 Å². The summed E-state index contributed by atoms with van der Waals surface area (Å²) in [4.78, 5) is 2.45. The van der Waals surface area contributed by atoms with Crippen LogP contribution in [0.3, 0.4) is 0 Å². The summed E-state index contributed by atoms with van der Waals surface area (Å²) in [5.74, 6) is 0.185. The fourth-order valence-corrected chi connectivity index (χ4v) is 3.29. The molecule has 2 saturated carbocycles. The van der Waals surface area contributed by atoms with E-state index in [0.29, 0.717) is 12.1 Å². The molecule has 0 aromatic carbocycles. The molecular formula is C14H24N2O. The van der Waals surface area contributed by atoms with Crippen molar-refractivity contribution in [3.05, 3.63) is 0 Å². The van der Waals surface area contributed by atoms with E-state index in [0.717, 1.165) is 19.4 Å². The average molecular weight is 236 g/mol. The van der Waals surface area contributed by atoms with Gasteiger partial charge in [-0.3, -0.25) is 4.90 Å². The van der Waals surface area contributed by atoms with Crippen molar-refractivity contribution < 1.29 is 5.11 Å². The topological polar surface area (TPSA) is 47.3 Å². The Labute approximate surface area is 104 Å². The SMILES string of the molecule is N#CC1CCCCCC1N(CCO)C1CCC1. The summed E-state index contributed by atoms with van der Waals surface area (Å²) in [7, 11) is 0. The predicted molar refractivity (Wildman–Crippen MR) is 67.4 cm³/mol. The number of nitriles is 1. The molecule has 0 aromatic heterocycles. The molecule has 0 saturated heterocycles. The Morgan fingerprint density at radius 3 is 2.41 bits per heavy atom. The van der Waals surface area contributed by atoms with Gasteiger partial charge in [0.1, 0.15) is 0 Å². The maximum Gasteiger partial charge on any atom is 0.0672 e. The molecule has 0 amide bonds. The van der Waals surface area contributed by atoms with Crippen molar-refractivity contribution in [3.8, 4) is 6.07 Å². The van der Waals surface area contributed by atoms with Gasteiger partial charge in [0.2, 0.25) is 0 Å². The van der Waals surface area contributed by atoms with Gasteiger partial charge in [0, 0.05) is 18.6 Å². The standard InChI is InChI=1S/C14H24N2O/c15-11-12-5-2-1-3-8-14(12)16(9-10-17)13-6-4-7-13/h12-14,17H,1-10H2. The zero-order valence-electron chi connectivity index (χ0n) is 10.6. The summed E-state index contributed by atoms with van der Waals surface area (Å²) in [5, 5.41) is 18.6. The highest BCUT2D eigenvalue weighted by Gasteiger charge is 2.35. The molecule has 2 aliphatic carbocycles. The van der Waals surface area contributed by atoms with Gasteiger partial charge < -0.3 is 5.11 Å². The van der Waals surface area contributed by atoms with Crippen LogP contribution < -0.4 is 0 Å². The first-order valence-corrected chi connectivity index (χ1v) is 7.13. The van der Waals surface area contributed by atoms with Crippen LogP contribution in [0.2, 0.25) is 0 Å². The Morgan fingerprint density at radius 1 is 1.06 bits per heavy atom. The normalized spacial score (nSPS) is 30.6. The maximum absolute atomic E-state index is 9.34. The Kier molecular flexibility index (Phi) is 4.82. The summed E-state index contributed by atoms with van der Waals surface area (Å²) in [6.07, 6.45) is 9.75. The summed E-state index contributed by atoms with van der Waals surface area (Å²) in [5.41, 5.74) is 0. The lowest BCUT2D eigenvalue weighted by molar-refractivity contribution is 0.0406. The van der Waals surface area contributed by atoms with Crippen molar-refractivity contribution in [1.82, 2.24) is 4.90 Å². The summed E-state index contributed by atoms with van der Waals surface area (Å²) >= 11 is 0. The second-order valence-corrected chi connectivity index (χ2v) is 5.49. The molecule has 3 heteroatoms. The third-order valence-corrected chi connectivity index (χ3v) is 4.47. The highest BCUT2D eigenvalue weighted by Crippen LogP contribution is 2.33. The monoisotopic (exact) mass is 236 g/mol. The third-order valence-electron chi connectivity index (χ3n) is 4.47. The minimum absolute atomic E-state index is 0.185. The molecule has 2 unspecified atom stereocenters. The molecule has 2 atom stereocenters. The van der Waals surface area contributed by atoms with Crippen molar-refractivity contribution in [2.45, 2.75) is 63.5 Å². The van der Waals surface area contributed by atoms with E-state index in [1.54, 1.807) is 0 Å². The van der Waals surface area contributed by atoms with Crippen LogP contribution >= 0.6 is 0 Å². The van der Waals surface area contributed by atoms with Crippen LogP contribution in [0.1, 0.15) is 51.4 Å². The van der Waals surface area contributed by atoms with Crippen LogP contribution in [0.25, 0.3) is 0 Å². The van der Waals surface area contributed by atoms with E-state index < -0.39 is 0 Å². The highest BCUT2D eigenvalue weighted by atomic mass is 16.3. The van der Waals surface area contributed by atoms with Crippen LogP contribution in [-0.2, 0) is 0 Å². The first kappa shape index (κ1) is 12.9. The minimum Gasteiger partial charge on any atom is -0.395 e. The molecule has 0 bridgehead atoms. The van der Waals surface area contributed by atoms with Crippen molar-refractivity contribution in [2.75, 3.05) is 13.2 Å². The fourth-order valence-electron chi connectivity index (χ4n) is 3.29. The molecule has 0 radical (unpaired) electrons. The lowest BCUT2D eigenvalue weighted by Gasteiger charge is -2.43. The first-order chi connectivity index (χ1) is 8.36. The van der Waals surface area contributed by atoms with Gasteiger partial charge in [-0.25, -0.2) is 0 Å². The molecule has 96 valence electrons. The van der Waals surface area contributed by atoms with E-state index in [1.165, 1.54) is 38.5 Å². The molecule has 1 N–H and O–H groups in total. The van der Waals surface area contributed by atoms with E-state index in [4.69, 9.17) is 0 Å². The van der Waals surface area contributed by atoms with Crippen LogP contribution in [0.4, 0.5) is 0 Å². The van der Waals surface area contributed by atoms with Gasteiger partial charge in [-0.1, -0.05) is 25.7 Å². The van der Waals surface area contributed by atoms with E-state index in [-0.39, 0.29) is 12.5 Å². The zero-order chi connectivity index (χ0) is 12.1. The van der Waals surface area contributed by atoms with E-state index in [2.05, 4.69) is 11.0 Å². The van der Waals surface area contributed by atoms with Crippen molar-refractivity contribution >= 4 is 0 Å². The number of aliphatic hydroxyl groups excluding tert-OH is 1. The van der Waals surface area contributed by atoms with Gasteiger partial charge in [0.15, 0.2) is 0 Å². The summed E-state index contributed by atoms with van der Waals surface area (Å²) in [6.45, 7) is 0.985. The van der Waals surface area contributed by atoms with E-state index in [9.17, 15) is 10.4 Å².